The predicted molar refractivity (Wildman–Crippen MR) is 74.0 cm³/mol. The zero-order valence-corrected chi connectivity index (χ0v) is 11.9. The Morgan fingerprint density at radius 2 is 1.95 bits per heavy atom. The van der Waals surface area contributed by atoms with Crippen molar-refractivity contribution in [2.75, 3.05) is 20.1 Å². The monoisotopic (exact) mass is 284 g/mol. The number of hydrogen-bond acceptors (Lipinski definition) is 4. The highest BCUT2D eigenvalue weighted by molar-refractivity contribution is 7.88. The zero-order valence-electron chi connectivity index (χ0n) is 11.0. The molecule has 0 saturated carbocycles. The van der Waals surface area contributed by atoms with Crippen LogP contribution in [-0.2, 0) is 22.4 Å². The van der Waals surface area contributed by atoms with Crippen LogP contribution in [0.2, 0.25) is 0 Å². The first-order chi connectivity index (χ1) is 8.98. The highest BCUT2D eigenvalue weighted by atomic mass is 32.2. The van der Waals surface area contributed by atoms with Gasteiger partial charge in [0, 0.05) is 12.6 Å². The van der Waals surface area contributed by atoms with Crippen LogP contribution in [0.5, 0.6) is 0 Å². The van der Waals surface area contributed by atoms with E-state index in [-0.39, 0.29) is 18.4 Å². The van der Waals surface area contributed by atoms with E-state index in [2.05, 4.69) is 9.62 Å². The van der Waals surface area contributed by atoms with Crippen molar-refractivity contribution in [3.63, 3.8) is 0 Å². The van der Waals surface area contributed by atoms with Gasteiger partial charge < -0.3 is 10.0 Å². The summed E-state index contributed by atoms with van der Waals surface area (Å²) in [6.07, 6.45) is 0.860. The van der Waals surface area contributed by atoms with Gasteiger partial charge in [-0.15, -0.1) is 0 Å². The van der Waals surface area contributed by atoms with Gasteiger partial charge in [-0.3, -0.25) is 0 Å². The number of aliphatic hydroxyl groups is 1. The summed E-state index contributed by atoms with van der Waals surface area (Å²) >= 11 is 0. The molecule has 6 heteroatoms. The Bertz CT molecular complexity index is 513. The van der Waals surface area contributed by atoms with Crippen LogP contribution in [0.25, 0.3) is 0 Å². The van der Waals surface area contributed by atoms with Gasteiger partial charge in [0.2, 0.25) is 10.0 Å². The molecule has 0 spiro atoms. The summed E-state index contributed by atoms with van der Waals surface area (Å²) < 4.78 is 26.8. The molecule has 0 radical (unpaired) electrons. The van der Waals surface area contributed by atoms with Gasteiger partial charge in [0.05, 0.1) is 12.4 Å². The number of likely N-dealkylation sites (tertiary alicyclic amines) is 1. The van der Waals surface area contributed by atoms with E-state index in [0.717, 1.165) is 30.6 Å². The molecule has 2 N–H and O–H groups in total. The van der Waals surface area contributed by atoms with Crippen molar-refractivity contribution in [3.8, 4) is 0 Å². The van der Waals surface area contributed by atoms with E-state index < -0.39 is 10.0 Å². The van der Waals surface area contributed by atoms with Crippen molar-refractivity contribution in [2.45, 2.75) is 24.8 Å². The topological polar surface area (TPSA) is 69.6 Å². The number of aliphatic hydroxyl groups excluding tert-OH is 1. The van der Waals surface area contributed by atoms with E-state index >= 15 is 0 Å². The minimum atomic E-state index is -3.30. The lowest BCUT2D eigenvalue weighted by molar-refractivity contribution is 0.282. The highest BCUT2D eigenvalue weighted by Gasteiger charge is 2.24. The molecule has 1 aliphatic heterocycles. The zero-order chi connectivity index (χ0) is 13.9. The smallest absolute Gasteiger partial charge is 0.216 e. The molecule has 106 valence electrons. The minimum absolute atomic E-state index is 0.0150. The third-order valence-corrected chi connectivity index (χ3v) is 4.71. The number of nitrogens with one attached hydrogen (secondary N) is 1. The molecule has 1 aromatic carbocycles. The number of likely N-dealkylation sites (N-methyl/N-ethyl adjacent to an activating group) is 1. The lowest BCUT2D eigenvalue weighted by Crippen LogP contribution is -2.37. The van der Waals surface area contributed by atoms with E-state index in [4.69, 9.17) is 5.11 Å². The quantitative estimate of drug-likeness (QED) is 0.816. The fourth-order valence-corrected chi connectivity index (χ4v) is 3.70. The Kier molecular flexibility index (Phi) is 4.57. The second kappa shape index (κ2) is 6.00. The predicted octanol–water partition coefficient (Wildman–Crippen LogP) is 0.302. The van der Waals surface area contributed by atoms with Crippen molar-refractivity contribution >= 4 is 10.0 Å². The number of rotatable bonds is 5. The first-order valence-electron chi connectivity index (χ1n) is 6.36. The van der Waals surface area contributed by atoms with Crippen LogP contribution in [0.1, 0.15) is 17.5 Å². The van der Waals surface area contributed by atoms with Gasteiger partial charge in [0.25, 0.3) is 0 Å². The van der Waals surface area contributed by atoms with Gasteiger partial charge in [-0.25, -0.2) is 13.1 Å². The van der Waals surface area contributed by atoms with Crippen molar-refractivity contribution in [3.05, 3.63) is 35.4 Å². The summed E-state index contributed by atoms with van der Waals surface area (Å²) in [6.45, 7) is 1.67. The molecule has 1 fully saturated rings. The molecule has 5 nitrogen and oxygen atoms in total. The number of benzene rings is 1. The van der Waals surface area contributed by atoms with Crippen LogP contribution in [0.4, 0.5) is 0 Å². The first kappa shape index (κ1) is 14.5. The van der Waals surface area contributed by atoms with E-state index in [1.165, 1.54) is 0 Å². The van der Waals surface area contributed by atoms with Crippen molar-refractivity contribution in [1.29, 1.82) is 0 Å². The minimum Gasteiger partial charge on any atom is -0.392 e. The van der Waals surface area contributed by atoms with Crippen molar-refractivity contribution < 1.29 is 13.5 Å². The summed E-state index contributed by atoms with van der Waals surface area (Å²) in [6, 6.07) is 6.99. The SMILES string of the molecule is CN1CCC(NS(=O)(=O)Cc2ccc(CO)cc2)C1. The standard InChI is InChI=1S/C13H20N2O3S/c1-15-7-6-13(8-15)14-19(17,18)10-12-4-2-11(9-16)3-5-12/h2-5,13-14,16H,6-10H2,1H3. The second-order valence-electron chi connectivity index (χ2n) is 5.10. The summed E-state index contributed by atoms with van der Waals surface area (Å²) in [5, 5.41) is 8.94. The first-order valence-corrected chi connectivity index (χ1v) is 8.01. The summed E-state index contributed by atoms with van der Waals surface area (Å²) in [4.78, 5) is 2.11. The largest absolute Gasteiger partial charge is 0.392 e. The van der Waals surface area contributed by atoms with Crippen LogP contribution < -0.4 is 4.72 Å². The van der Waals surface area contributed by atoms with Crippen LogP contribution in [0.3, 0.4) is 0 Å². The number of nitrogens with zero attached hydrogens (tertiary/aromatic N) is 1. The molecular formula is C13H20N2O3S. The van der Waals surface area contributed by atoms with Crippen LogP contribution >= 0.6 is 0 Å². The maximum absolute atomic E-state index is 12.0. The molecule has 2 rings (SSSR count). The van der Waals surface area contributed by atoms with E-state index in [1.807, 2.05) is 7.05 Å². The normalized spacial score (nSPS) is 20.8. The summed E-state index contributed by atoms with van der Waals surface area (Å²) in [5.41, 5.74) is 1.52. The Hall–Kier alpha value is -0.950. The maximum atomic E-state index is 12.0. The third-order valence-electron chi connectivity index (χ3n) is 3.30. The molecule has 0 aromatic heterocycles. The van der Waals surface area contributed by atoms with Gasteiger partial charge in [0.1, 0.15) is 0 Å². The van der Waals surface area contributed by atoms with Gasteiger partial charge in [-0.05, 0) is 31.1 Å². The van der Waals surface area contributed by atoms with E-state index in [1.54, 1.807) is 24.3 Å². The van der Waals surface area contributed by atoms with Crippen LogP contribution in [0, 0.1) is 0 Å². The van der Waals surface area contributed by atoms with Crippen molar-refractivity contribution in [1.82, 2.24) is 9.62 Å². The summed E-state index contributed by atoms with van der Waals surface area (Å²) in [5.74, 6) is -0.0150. The average Bonchev–Trinajstić information content (AvgIpc) is 2.74. The van der Waals surface area contributed by atoms with Gasteiger partial charge >= 0.3 is 0 Å². The molecule has 0 bridgehead atoms. The molecule has 1 heterocycles. The maximum Gasteiger partial charge on any atom is 0.216 e. The van der Waals surface area contributed by atoms with Crippen LogP contribution in [0.15, 0.2) is 24.3 Å². The van der Waals surface area contributed by atoms with Gasteiger partial charge in [-0.2, -0.15) is 0 Å². The Morgan fingerprint density at radius 1 is 1.32 bits per heavy atom. The Morgan fingerprint density at radius 3 is 2.47 bits per heavy atom. The molecule has 1 unspecified atom stereocenters. The van der Waals surface area contributed by atoms with E-state index in [9.17, 15) is 8.42 Å². The number of hydrogen-bond donors (Lipinski definition) is 2. The summed E-state index contributed by atoms with van der Waals surface area (Å²) in [7, 11) is -1.31. The van der Waals surface area contributed by atoms with Crippen LogP contribution in [-0.4, -0.2) is 44.6 Å². The van der Waals surface area contributed by atoms with Gasteiger partial charge in [-0.1, -0.05) is 24.3 Å². The molecule has 1 atom stereocenters. The van der Waals surface area contributed by atoms with Crippen molar-refractivity contribution in [2.24, 2.45) is 0 Å². The molecule has 1 aliphatic rings. The Balaban J connectivity index is 1.96. The molecule has 0 aliphatic carbocycles. The molecule has 1 saturated heterocycles. The molecule has 1 aromatic rings. The fraction of sp³-hybridized carbons (Fsp3) is 0.538. The highest BCUT2D eigenvalue weighted by Crippen LogP contribution is 2.11. The average molecular weight is 284 g/mol. The molecular weight excluding hydrogens is 264 g/mol. The third kappa shape index (κ3) is 4.28. The van der Waals surface area contributed by atoms with Gasteiger partial charge in [0.15, 0.2) is 0 Å². The Labute approximate surface area is 114 Å². The lowest BCUT2D eigenvalue weighted by atomic mass is 10.2. The molecule has 0 amide bonds. The van der Waals surface area contributed by atoms with E-state index in [0.29, 0.717) is 0 Å². The lowest BCUT2D eigenvalue weighted by Gasteiger charge is -2.13. The number of sulfonamides is 1. The fourth-order valence-electron chi connectivity index (χ4n) is 2.29. The second-order valence-corrected chi connectivity index (χ2v) is 6.85. The molecule has 19 heavy (non-hydrogen) atoms.